The molecular weight excluding hydrogens is 214 g/mol. The van der Waals surface area contributed by atoms with Gasteiger partial charge in [0.1, 0.15) is 0 Å². The quantitative estimate of drug-likeness (QED) is 0.364. The van der Waals surface area contributed by atoms with E-state index in [9.17, 15) is 0 Å². The highest BCUT2D eigenvalue weighted by Crippen LogP contribution is 2.26. The average molecular weight is 235 g/mol. The molecule has 3 N–H and O–H groups in total. The standard InChI is InChI=1S/C13H21N3O/c1-5-16(9(2)3)12-10(4)7-6-8-11(12)13(14)15-17/h6-9,17H,5H2,1-4H3,(H2,14,15). The molecule has 0 saturated heterocycles. The number of hydrogen-bond acceptors (Lipinski definition) is 3. The minimum absolute atomic E-state index is 0.155. The molecule has 1 aromatic rings. The second kappa shape index (κ2) is 5.57. The number of nitrogens with zero attached hydrogens (tertiary/aromatic N) is 2. The fourth-order valence-corrected chi connectivity index (χ4v) is 2.08. The third-order valence-corrected chi connectivity index (χ3v) is 2.87. The van der Waals surface area contributed by atoms with Gasteiger partial charge in [-0.1, -0.05) is 17.3 Å². The Labute approximate surface area is 103 Å². The molecule has 0 amide bonds. The lowest BCUT2D eigenvalue weighted by molar-refractivity contribution is 0.318. The molecule has 0 radical (unpaired) electrons. The van der Waals surface area contributed by atoms with E-state index in [-0.39, 0.29) is 5.84 Å². The summed E-state index contributed by atoms with van der Waals surface area (Å²) in [5.41, 5.74) is 8.68. The summed E-state index contributed by atoms with van der Waals surface area (Å²) in [4.78, 5) is 2.24. The molecule has 0 spiro atoms. The van der Waals surface area contributed by atoms with Crippen LogP contribution in [-0.4, -0.2) is 23.6 Å². The van der Waals surface area contributed by atoms with Gasteiger partial charge in [0, 0.05) is 18.2 Å². The van der Waals surface area contributed by atoms with Crippen molar-refractivity contribution in [2.45, 2.75) is 33.7 Å². The van der Waals surface area contributed by atoms with Crippen molar-refractivity contribution in [2.75, 3.05) is 11.4 Å². The fraction of sp³-hybridized carbons (Fsp3) is 0.462. The summed E-state index contributed by atoms with van der Waals surface area (Å²) in [5, 5.41) is 11.9. The molecule has 4 heteroatoms. The van der Waals surface area contributed by atoms with Crippen LogP contribution in [-0.2, 0) is 0 Å². The Hall–Kier alpha value is -1.71. The molecule has 1 aromatic carbocycles. The molecule has 0 aromatic heterocycles. The van der Waals surface area contributed by atoms with E-state index in [1.165, 1.54) is 0 Å². The third-order valence-electron chi connectivity index (χ3n) is 2.87. The molecule has 0 saturated carbocycles. The van der Waals surface area contributed by atoms with Gasteiger partial charge in [-0.2, -0.15) is 0 Å². The fourth-order valence-electron chi connectivity index (χ4n) is 2.08. The zero-order chi connectivity index (χ0) is 13.0. The second-order valence-corrected chi connectivity index (χ2v) is 4.34. The van der Waals surface area contributed by atoms with Gasteiger partial charge in [-0.05, 0) is 39.3 Å². The van der Waals surface area contributed by atoms with Gasteiger partial charge in [0.25, 0.3) is 0 Å². The summed E-state index contributed by atoms with van der Waals surface area (Å²) in [5.74, 6) is 0.155. The summed E-state index contributed by atoms with van der Waals surface area (Å²) in [7, 11) is 0. The van der Waals surface area contributed by atoms with Crippen molar-refractivity contribution < 1.29 is 5.21 Å². The normalized spacial score (nSPS) is 11.9. The van der Waals surface area contributed by atoms with Gasteiger partial charge < -0.3 is 15.8 Å². The molecule has 4 nitrogen and oxygen atoms in total. The molecule has 1 rings (SSSR count). The van der Waals surface area contributed by atoms with Gasteiger partial charge in [0.15, 0.2) is 5.84 Å². The van der Waals surface area contributed by atoms with Gasteiger partial charge in [-0.3, -0.25) is 0 Å². The van der Waals surface area contributed by atoms with Crippen LogP contribution in [0.15, 0.2) is 23.4 Å². The average Bonchev–Trinajstić information content (AvgIpc) is 2.30. The lowest BCUT2D eigenvalue weighted by Crippen LogP contribution is -2.33. The maximum Gasteiger partial charge on any atom is 0.172 e. The highest BCUT2D eigenvalue weighted by Gasteiger charge is 2.17. The third kappa shape index (κ3) is 2.70. The maximum absolute atomic E-state index is 8.84. The van der Waals surface area contributed by atoms with Crippen LogP contribution in [0.3, 0.4) is 0 Å². The number of aryl methyl sites for hydroxylation is 1. The van der Waals surface area contributed by atoms with Crippen molar-refractivity contribution in [1.29, 1.82) is 0 Å². The van der Waals surface area contributed by atoms with E-state index in [1.54, 1.807) is 0 Å². The van der Waals surface area contributed by atoms with Crippen LogP contribution in [0.25, 0.3) is 0 Å². The highest BCUT2D eigenvalue weighted by molar-refractivity contribution is 6.02. The monoisotopic (exact) mass is 235 g/mol. The predicted molar refractivity (Wildman–Crippen MR) is 71.8 cm³/mol. The zero-order valence-electron chi connectivity index (χ0n) is 10.9. The molecule has 17 heavy (non-hydrogen) atoms. The van der Waals surface area contributed by atoms with Crippen LogP contribution in [0.5, 0.6) is 0 Å². The van der Waals surface area contributed by atoms with E-state index in [0.29, 0.717) is 6.04 Å². The van der Waals surface area contributed by atoms with E-state index in [1.807, 2.05) is 25.1 Å². The Morgan fingerprint density at radius 1 is 1.47 bits per heavy atom. The molecule has 0 aliphatic rings. The molecule has 0 aliphatic carbocycles. The van der Waals surface area contributed by atoms with Crippen LogP contribution < -0.4 is 10.6 Å². The molecule has 0 heterocycles. The lowest BCUT2D eigenvalue weighted by Gasteiger charge is -2.31. The SMILES string of the molecule is CCN(c1c(C)cccc1/C(N)=N/O)C(C)C. The Kier molecular flexibility index (Phi) is 4.37. The Morgan fingerprint density at radius 2 is 2.12 bits per heavy atom. The van der Waals surface area contributed by atoms with Crippen LogP contribution in [0, 0.1) is 6.92 Å². The molecule has 0 bridgehead atoms. The van der Waals surface area contributed by atoms with Gasteiger partial charge in [-0.25, -0.2) is 0 Å². The van der Waals surface area contributed by atoms with Crippen LogP contribution in [0.4, 0.5) is 5.69 Å². The lowest BCUT2D eigenvalue weighted by atomic mass is 10.0. The number of hydrogen-bond donors (Lipinski definition) is 2. The maximum atomic E-state index is 8.84. The summed E-state index contributed by atoms with van der Waals surface area (Å²) in [6.45, 7) is 9.28. The Morgan fingerprint density at radius 3 is 2.59 bits per heavy atom. The van der Waals surface area contributed by atoms with E-state index in [0.717, 1.165) is 23.4 Å². The largest absolute Gasteiger partial charge is 0.409 e. The van der Waals surface area contributed by atoms with Gasteiger partial charge in [0.05, 0.1) is 5.69 Å². The topological polar surface area (TPSA) is 61.8 Å². The van der Waals surface area contributed by atoms with Crippen LogP contribution in [0.1, 0.15) is 31.9 Å². The van der Waals surface area contributed by atoms with Crippen LogP contribution >= 0.6 is 0 Å². The summed E-state index contributed by atoms with van der Waals surface area (Å²) in [6, 6.07) is 6.20. The number of rotatable bonds is 4. The minimum atomic E-state index is 0.155. The van der Waals surface area contributed by atoms with Crippen LogP contribution in [0.2, 0.25) is 0 Å². The zero-order valence-corrected chi connectivity index (χ0v) is 10.9. The first-order valence-corrected chi connectivity index (χ1v) is 5.87. The van der Waals surface area contributed by atoms with Gasteiger partial charge >= 0.3 is 0 Å². The molecule has 0 unspecified atom stereocenters. The van der Waals surface area contributed by atoms with Crippen molar-refractivity contribution in [3.8, 4) is 0 Å². The van der Waals surface area contributed by atoms with Crippen molar-refractivity contribution in [2.24, 2.45) is 10.9 Å². The summed E-state index contributed by atoms with van der Waals surface area (Å²) >= 11 is 0. The number of amidine groups is 1. The number of benzene rings is 1. The molecule has 94 valence electrons. The van der Waals surface area contributed by atoms with E-state index in [2.05, 4.69) is 30.8 Å². The number of nitrogens with two attached hydrogens (primary N) is 1. The minimum Gasteiger partial charge on any atom is -0.409 e. The molecule has 0 aliphatic heterocycles. The van der Waals surface area contributed by atoms with E-state index < -0.39 is 0 Å². The molecular formula is C13H21N3O. The Balaban J connectivity index is 3.38. The highest BCUT2D eigenvalue weighted by atomic mass is 16.4. The molecule has 0 atom stereocenters. The predicted octanol–water partition coefficient (Wildman–Crippen LogP) is 2.32. The first-order valence-electron chi connectivity index (χ1n) is 5.87. The van der Waals surface area contributed by atoms with E-state index >= 15 is 0 Å². The summed E-state index contributed by atoms with van der Waals surface area (Å²) in [6.07, 6.45) is 0. The number of oxime groups is 1. The van der Waals surface area contributed by atoms with E-state index in [4.69, 9.17) is 10.9 Å². The first-order chi connectivity index (χ1) is 8.02. The van der Waals surface area contributed by atoms with Gasteiger partial charge in [0.2, 0.25) is 0 Å². The first kappa shape index (κ1) is 13.4. The summed E-state index contributed by atoms with van der Waals surface area (Å²) < 4.78 is 0. The van der Waals surface area contributed by atoms with Crippen molar-refractivity contribution in [3.63, 3.8) is 0 Å². The smallest absolute Gasteiger partial charge is 0.172 e. The second-order valence-electron chi connectivity index (χ2n) is 4.34. The Bertz CT molecular complexity index is 413. The number of para-hydroxylation sites is 1. The molecule has 0 fully saturated rings. The van der Waals surface area contributed by atoms with Crippen molar-refractivity contribution in [3.05, 3.63) is 29.3 Å². The number of anilines is 1. The van der Waals surface area contributed by atoms with Crippen molar-refractivity contribution in [1.82, 2.24) is 0 Å². The van der Waals surface area contributed by atoms with Crippen molar-refractivity contribution >= 4 is 11.5 Å². The van der Waals surface area contributed by atoms with Gasteiger partial charge in [-0.15, -0.1) is 0 Å².